The zero-order valence-electron chi connectivity index (χ0n) is 13.6. The lowest BCUT2D eigenvalue weighted by Crippen LogP contribution is -2.27. The summed E-state index contributed by atoms with van der Waals surface area (Å²) < 4.78 is 5.38. The maximum atomic E-state index is 5.38. The van der Waals surface area contributed by atoms with E-state index in [4.69, 9.17) is 4.52 Å². The Morgan fingerprint density at radius 3 is 2.54 bits per heavy atom. The minimum Gasteiger partial charge on any atom is -0.339 e. The molecule has 3 aromatic rings. The van der Waals surface area contributed by atoms with E-state index in [1.807, 2.05) is 17.5 Å². The van der Waals surface area contributed by atoms with Crippen LogP contribution in [0.4, 0.5) is 0 Å². The molecular weight excluding hydrogens is 318 g/mol. The number of hydrogen-bond acceptors (Lipinski definition) is 5. The lowest BCUT2D eigenvalue weighted by Gasteiger charge is -2.18. The summed E-state index contributed by atoms with van der Waals surface area (Å²) in [7, 11) is 0. The summed E-state index contributed by atoms with van der Waals surface area (Å²) in [5.74, 6) is 1.46. The number of thiophene rings is 1. The number of benzene rings is 1. The number of rotatable bonds is 5. The highest BCUT2D eigenvalue weighted by atomic mass is 32.1. The van der Waals surface area contributed by atoms with Crippen LogP contribution < -0.4 is 0 Å². The second-order valence-corrected chi connectivity index (χ2v) is 7.15. The molecule has 0 spiro atoms. The largest absolute Gasteiger partial charge is 0.339 e. The zero-order chi connectivity index (χ0) is 16.2. The minimum atomic E-state index is 0.713. The molecule has 2 aromatic heterocycles. The first kappa shape index (κ1) is 15.5. The Kier molecular flexibility index (Phi) is 4.71. The fraction of sp³-hybridized carbons (Fsp3) is 0.368. The van der Waals surface area contributed by atoms with Gasteiger partial charge in [-0.15, -0.1) is 11.3 Å². The number of nitrogens with zero attached hydrogens (tertiary/aromatic N) is 3. The van der Waals surface area contributed by atoms with Crippen molar-refractivity contribution < 1.29 is 4.52 Å². The first-order valence-corrected chi connectivity index (χ1v) is 9.42. The van der Waals surface area contributed by atoms with E-state index in [0.717, 1.165) is 56.1 Å². The molecule has 0 amide bonds. The van der Waals surface area contributed by atoms with Crippen LogP contribution in [0.2, 0.25) is 0 Å². The van der Waals surface area contributed by atoms with Gasteiger partial charge in [0.05, 0.1) is 4.88 Å². The van der Waals surface area contributed by atoms with Crippen molar-refractivity contribution in [2.75, 3.05) is 19.6 Å². The third-order valence-electron chi connectivity index (χ3n) is 4.59. The molecule has 3 heterocycles. The van der Waals surface area contributed by atoms with Gasteiger partial charge in [0.25, 0.3) is 0 Å². The molecular formula is C19H21N3OS. The Morgan fingerprint density at radius 1 is 1.04 bits per heavy atom. The van der Waals surface area contributed by atoms with Crippen LogP contribution in [0.5, 0.6) is 0 Å². The first-order valence-electron chi connectivity index (χ1n) is 8.54. The molecule has 24 heavy (non-hydrogen) atoms. The van der Waals surface area contributed by atoms with E-state index in [1.54, 1.807) is 11.3 Å². The Balaban J connectivity index is 1.28. The van der Waals surface area contributed by atoms with Gasteiger partial charge in [0, 0.05) is 19.5 Å². The van der Waals surface area contributed by atoms with Gasteiger partial charge < -0.3 is 9.42 Å². The second-order valence-electron chi connectivity index (χ2n) is 6.20. The van der Waals surface area contributed by atoms with Crippen LogP contribution in [0.25, 0.3) is 10.7 Å². The molecule has 4 nitrogen and oxygen atoms in total. The van der Waals surface area contributed by atoms with Gasteiger partial charge in [-0.3, -0.25) is 0 Å². The number of hydrogen-bond donors (Lipinski definition) is 0. The molecule has 0 saturated heterocycles. The molecule has 124 valence electrons. The fourth-order valence-electron chi connectivity index (χ4n) is 3.25. The van der Waals surface area contributed by atoms with Crippen LogP contribution in [-0.4, -0.2) is 34.7 Å². The van der Waals surface area contributed by atoms with Crippen molar-refractivity contribution in [2.24, 2.45) is 0 Å². The van der Waals surface area contributed by atoms with Crippen LogP contribution in [0.1, 0.15) is 23.4 Å². The Morgan fingerprint density at radius 2 is 1.83 bits per heavy atom. The highest BCUT2D eigenvalue weighted by Crippen LogP contribution is 2.21. The summed E-state index contributed by atoms with van der Waals surface area (Å²) in [6, 6.07) is 12.9. The van der Waals surface area contributed by atoms with Crippen molar-refractivity contribution in [3.63, 3.8) is 0 Å². The molecule has 0 unspecified atom stereocenters. The predicted octanol–water partition coefficient (Wildman–Crippen LogP) is 3.83. The molecule has 5 heteroatoms. The van der Waals surface area contributed by atoms with Crippen molar-refractivity contribution in [1.29, 1.82) is 0 Å². The van der Waals surface area contributed by atoms with Crippen LogP contribution in [-0.2, 0) is 19.3 Å². The van der Waals surface area contributed by atoms with Crippen LogP contribution in [0.3, 0.4) is 0 Å². The molecule has 1 aliphatic heterocycles. The summed E-state index contributed by atoms with van der Waals surface area (Å²) in [6.07, 6.45) is 4.21. The SMILES string of the molecule is c1csc(-c2noc(CCCN3CCc4ccccc4CC3)n2)c1. The van der Waals surface area contributed by atoms with Gasteiger partial charge >= 0.3 is 0 Å². The zero-order valence-corrected chi connectivity index (χ0v) is 14.5. The maximum Gasteiger partial charge on any atom is 0.227 e. The van der Waals surface area contributed by atoms with Crippen LogP contribution in [0, 0.1) is 0 Å². The van der Waals surface area contributed by atoms with E-state index in [9.17, 15) is 0 Å². The second kappa shape index (κ2) is 7.28. The molecule has 1 aliphatic rings. The van der Waals surface area contributed by atoms with Crippen molar-refractivity contribution in [2.45, 2.75) is 25.7 Å². The molecule has 0 saturated carbocycles. The summed E-state index contributed by atoms with van der Waals surface area (Å²) >= 11 is 1.64. The number of fused-ring (bicyclic) bond motifs is 1. The topological polar surface area (TPSA) is 42.2 Å². The van der Waals surface area contributed by atoms with E-state index >= 15 is 0 Å². The average molecular weight is 339 g/mol. The monoisotopic (exact) mass is 339 g/mol. The van der Waals surface area contributed by atoms with E-state index in [-0.39, 0.29) is 0 Å². The summed E-state index contributed by atoms with van der Waals surface area (Å²) in [5.41, 5.74) is 3.02. The van der Waals surface area contributed by atoms with Crippen molar-refractivity contribution in [3.8, 4) is 10.7 Å². The van der Waals surface area contributed by atoms with E-state index < -0.39 is 0 Å². The van der Waals surface area contributed by atoms with Crippen LogP contribution in [0.15, 0.2) is 46.3 Å². The molecule has 1 aromatic carbocycles. The number of aromatic nitrogens is 2. The van der Waals surface area contributed by atoms with Crippen molar-refractivity contribution in [1.82, 2.24) is 15.0 Å². The smallest absolute Gasteiger partial charge is 0.227 e. The summed E-state index contributed by atoms with van der Waals surface area (Å²) in [6.45, 7) is 3.37. The quantitative estimate of drug-likeness (QED) is 0.708. The highest BCUT2D eigenvalue weighted by Gasteiger charge is 2.14. The van der Waals surface area contributed by atoms with Gasteiger partial charge in [-0.25, -0.2) is 0 Å². The predicted molar refractivity (Wildman–Crippen MR) is 96.2 cm³/mol. The first-order chi connectivity index (χ1) is 11.9. The van der Waals surface area contributed by atoms with E-state index in [2.05, 4.69) is 39.3 Å². The molecule has 0 radical (unpaired) electrons. The lowest BCUT2D eigenvalue weighted by atomic mass is 10.0. The third kappa shape index (κ3) is 3.57. The summed E-state index contributed by atoms with van der Waals surface area (Å²) in [4.78, 5) is 8.12. The van der Waals surface area contributed by atoms with E-state index in [1.165, 1.54) is 11.1 Å². The maximum absolute atomic E-state index is 5.38. The molecule has 0 aliphatic carbocycles. The normalized spacial score (nSPS) is 15.2. The highest BCUT2D eigenvalue weighted by molar-refractivity contribution is 7.13. The Bertz CT molecular complexity index is 755. The van der Waals surface area contributed by atoms with Crippen molar-refractivity contribution >= 4 is 11.3 Å². The van der Waals surface area contributed by atoms with Crippen LogP contribution >= 0.6 is 11.3 Å². The van der Waals surface area contributed by atoms with Gasteiger partial charge in [-0.2, -0.15) is 4.98 Å². The van der Waals surface area contributed by atoms with Gasteiger partial charge in [-0.1, -0.05) is 35.5 Å². The fourth-order valence-corrected chi connectivity index (χ4v) is 3.90. The average Bonchev–Trinajstić information content (AvgIpc) is 3.25. The Hall–Kier alpha value is -1.98. The molecule has 0 N–H and O–H groups in total. The lowest BCUT2D eigenvalue weighted by molar-refractivity contribution is 0.277. The van der Waals surface area contributed by atoms with Gasteiger partial charge in [-0.05, 0) is 48.4 Å². The minimum absolute atomic E-state index is 0.713. The molecule has 4 rings (SSSR count). The van der Waals surface area contributed by atoms with Gasteiger partial charge in [0.15, 0.2) is 0 Å². The van der Waals surface area contributed by atoms with E-state index in [0.29, 0.717) is 5.82 Å². The summed E-state index contributed by atoms with van der Waals surface area (Å²) in [5, 5.41) is 6.11. The number of aryl methyl sites for hydroxylation is 1. The van der Waals surface area contributed by atoms with Gasteiger partial charge in [0.2, 0.25) is 11.7 Å². The third-order valence-corrected chi connectivity index (χ3v) is 5.45. The Labute approximate surface area is 146 Å². The van der Waals surface area contributed by atoms with Crippen molar-refractivity contribution in [3.05, 3.63) is 58.8 Å². The molecule has 0 fully saturated rings. The molecule has 0 bridgehead atoms. The standard InChI is InChI=1S/C19H21N3OS/c1-2-6-16-10-13-22(12-9-15(16)5-1)11-3-8-18-20-19(21-23-18)17-7-4-14-24-17/h1-2,4-7,14H,3,8-13H2. The molecule has 0 atom stereocenters. The van der Waals surface area contributed by atoms with Gasteiger partial charge in [0.1, 0.15) is 0 Å².